The van der Waals surface area contributed by atoms with E-state index in [1.807, 2.05) is 0 Å². The average Bonchev–Trinajstić information content (AvgIpc) is 2.93. The number of hydrogen-bond acceptors (Lipinski definition) is 9. The van der Waals surface area contributed by atoms with Crippen LogP contribution < -0.4 is 9.47 Å². The van der Waals surface area contributed by atoms with Crippen LogP contribution in [0.15, 0.2) is 117 Å². The molecule has 0 aromatic heterocycles. The largest absolute Gasteiger partial charge is 0.508 e. The van der Waals surface area contributed by atoms with E-state index in [-0.39, 0.29) is 57.5 Å². The lowest BCUT2D eigenvalue weighted by Crippen LogP contribution is -2.12. The van der Waals surface area contributed by atoms with Gasteiger partial charge in [0.25, 0.3) is 0 Å². The van der Waals surface area contributed by atoms with Crippen molar-refractivity contribution in [2.75, 3.05) is 26.4 Å². The smallest absolute Gasteiger partial charge is 0.206 e. The van der Waals surface area contributed by atoms with Gasteiger partial charge < -0.3 is 24.4 Å². The van der Waals surface area contributed by atoms with Gasteiger partial charge in [-0.1, -0.05) is 0 Å². The molecule has 9 nitrogen and oxygen atoms in total. The van der Waals surface area contributed by atoms with E-state index in [1.54, 1.807) is 24.3 Å². The van der Waals surface area contributed by atoms with Crippen molar-refractivity contribution in [1.29, 1.82) is 0 Å². The van der Waals surface area contributed by atoms with Crippen LogP contribution in [0.2, 0.25) is 0 Å². The quantitative estimate of drug-likeness (QED) is 0.240. The molecule has 0 heterocycles. The molecule has 0 aliphatic heterocycles. The first-order chi connectivity index (χ1) is 18.7. The zero-order valence-electron chi connectivity index (χ0n) is 20.6. The number of rotatable bonds is 12. The van der Waals surface area contributed by atoms with E-state index in [1.165, 1.54) is 72.8 Å². The molecular weight excluding hydrogens is 544 g/mol. The minimum absolute atomic E-state index is 0.0130. The monoisotopic (exact) mass is 570 g/mol. The fourth-order valence-corrected chi connectivity index (χ4v) is 6.01. The summed E-state index contributed by atoms with van der Waals surface area (Å²) in [7, 11) is -7.40. The molecule has 0 unspecified atom stereocenters. The first kappa shape index (κ1) is 28.0. The number of sulfone groups is 2. The zero-order valence-corrected chi connectivity index (χ0v) is 22.3. The number of benzene rings is 4. The van der Waals surface area contributed by atoms with Gasteiger partial charge in [-0.05, 0) is 97.1 Å². The van der Waals surface area contributed by atoms with Gasteiger partial charge in [-0.15, -0.1) is 0 Å². The highest BCUT2D eigenvalue weighted by Crippen LogP contribution is 2.26. The molecule has 0 radical (unpaired) electrons. The Morgan fingerprint density at radius 1 is 0.436 bits per heavy atom. The van der Waals surface area contributed by atoms with E-state index in [2.05, 4.69) is 0 Å². The predicted molar refractivity (Wildman–Crippen MR) is 142 cm³/mol. The van der Waals surface area contributed by atoms with Crippen LogP contribution in [0, 0.1) is 0 Å². The maximum atomic E-state index is 12.7. The van der Waals surface area contributed by atoms with E-state index >= 15 is 0 Å². The van der Waals surface area contributed by atoms with Crippen molar-refractivity contribution in [2.24, 2.45) is 0 Å². The highest BCUT2D eigenvalue weighted by molar-refractivity contribution is 7.91. The Kier molecular flexibility index (Phi) is 8.75. The average molecular weight is 571 g/mol. The molecule has 0 bridgehead atoms. The number of ether oxygens (including phenoxy) is 3. The molecule has 2 N–H and O–H groups in total. The van der Waals surface area contributed by atoms with Crippen LogP contribution in [0.5, 0.6) is 23.0 Å². The summed E-state index contributed by atoms with van der Waals surface area (Å²) in [6.45, 7) is 1.04. The minimum atomic E-state index is -3.70. The Bertz CT molecular complexity index is 1460. The Morgan fingerprint density at radius 2 is 0.718 bits per heavy atom. The number of phenolic OH excluding ortho intramolecular Hbond substituents is 2. The molecule has 4 aromatic rings. The van der Waals surface area contributed by atoms with Crippen LogP contribution in [0.4, 0.5) is 0 Å². The lowest BCUT2D eigenvalue weighted by Gasteiger charge is -2.10. The third kappa shape index (κ3) is 7.08. The summed E-state index contributed by atoms with van der Waals surface area (Å²) in [6.07, 6.45) is 0. The predicted octanol–water partition coefficient (Wildman–Crippen LogP) is 4.24. The van der Waals surface area contributed by atoms with Crippen molar-refractivity contribution in [3.63, 3.8) is 0 Å². The molecule has 0 aliphatic rings. The Balaban J connectivity index is 1.17. The highest BCUT2D eigenvalue weighted by atomic mass is 32.2. The lowest BCUT2D eigenvalue weighted by atomic mass is 10.3. The summed E-state index contributed by atoms with van der Waals surface area (Å²) in [5.74, 6) is 0.950. The van der Waals surface area contributed by atoms with Crippen LogP contribution in [0.25, 0.3) is 0 Å². The fraction of sp³-hybridized carbons (Fsp3) is 0.143. The first-order valence-electron chi connectivity index (χ1n) is 11.8. The van der Waals surface area contributed by atoms with Gasteiger partial charge in [0, 0.05) is 0 Å². The minimum Gasteiger partial charge on any atom is -0.508 e. The second-order valence-electron chi connectivity index (χ2n) is 8.25. The second-order valence-corrected chi connectivity index (χ2v) is 12.1. The Labute approximate surface area is 226 Å². The van der Waals surface area contributed by atoms with Gasteiger partial charge in [-0.25, -0.2) is 16.8 Å². The van der Waals surface area contributed by atoms with Gasteiger partial charge in [0.05, 0.1) is 32.8 Å². The van der Waals surface area contributed by atoms with Gasteiger partial charge in [0.2, 0.25) is 19.7 Å². The molecule has 11 heteroatoms. The first-order valence-corrected chi connectivity index (χ1v) is 14.7. The van der Waals surface area contributed by atoms with E-state index in [0.29, 0.717) is 11.5 Å². The van der Waals surface area contributed by atoms with E-state index in [9.17, 15) is 27.0 Å². The normalized spacial score (nSPS) is 11.7. The lowest BCUT2D eigenvalue weighted by molar-refractivity contribution is 0.0764. The fourth-order valence-electron chi connectivity index (χ4n) is 3.49. The molecule has 0 fully saturated rings. The van der Waals surface area contributed by atoms with Gasteiger partial charge in [-0.2, -0.15) is 0 Å². The molecule has 39 heavy (non-hydrogen) atoms. The summed E-state index contributed by atoms with van der Waals surface area (Å²) in [5.41, 5.74) is 0. The molecule has 0 saturated heterocycles. The topological polar surface area (TPSA) is 136 Å². The van der Waals surface area contributed by atoms with E-state index in [0.717, 1.165) is 0 Å². The molecule has 0 spiro atoms. The SMILES string of the molecule is O=S(=O)(c1ccc(O)cc1)c1ccc(OCCOCCOc2ccc(S(=O)(=O)c3ccc(O)cc3)cc2)cc1. The molecule has 0 saturated carbocycles. The van der Waals surface area contributed by atoms with Gasteiger partial charge >= 0.3 is 0 Å². The summed E-state index contributed by atoms with van der Waals surface area (Å²) in [4.78, 5) is 0.388. The van der Waals surface area contributed by atoms with Crippen LogP contribution >= 0.6 is 0 Å². The number of aromatic hydroxyl groups is 2. The van der Waals surface area contributed by atoms with E-state index in [4.69, 9.17) is 14.2 Å². The van der Waals surface area contributed by atoms with Crippen molar-refractivity contribution in [3.05, 3.63) is 97.1 Å². The molecule has 204 valence electrons. The van der Waals surface area contributed by atoms with Crippen molar-refractivity contribution >= 4 is 19.7 Å². The molecule has 0 amide bonds. The van der Waals surface area contributed by atoms with Crippen LogP contribution in [-0.2, 0) is 24.4 Å². The maximum Gasteiger partial charge on any atom is 0.206 e. The highest BCUT2D eigenvalue weighted by Gasteiger charge is 2.18. The third-order valence-electron chi connectivity index (χ3n) is 5.55. The van der Waals surface area contributed by atoms with Crippen molar-refractivity contribution < 1.29 is 41.3 Å². The third-order valence-corrected chi connectivity index (χ3v) is 9.13. The van der Waals surface area contributed by atoms with Crippen molar-refractivity contribution in [1.82, 2.24) is 0 Å². The molecule has 4 aromatic carbocycles. The van der Waals surface area contributed by atoms with Crippen LogP contribution in [-0.4, -0.2) is 53.5 Å². The molecule has 4 rings (SSSR count). The summed E-state index contributed by atoms with van der Waals surface area (Å²) in [6, 6.07) is 22.7. The second kappa shape index (κ2) is 12.2. The maximum absolute atomic E-state index is 12.7. The summed E-state index contributed by atoms with van der Waals surface area (Å²) < 4.78 is 67.3. The van der Waals surface area contributed by atoms with Crippen molar-refractivity contribution in [3.8, 4) is 23.0 Å². The zero-order chi connectivity index (χ0) is 27.9. The standard InChI is InChI=1S/C28H26O9S2/c29-21-1-9-25(10-2-21)38(31,32)27-13-5-23(6-14-27)36-19-17-35-18-20-37-24-7-15-28(16-8-24)39(33,34)26-11-3-22(30)4-12-26/h1-16,29-30H,17-20H2. The molecule has 0 aliphatic carbocycles. The van der Waals surface area contributed by atoms with Gasteiger partial charge in [0.15, 0.2) is 0 Å². The summed E-state index contributed by atoms with van der Waals surface area (Å²) in [5, 5.41) is 18.7. The van der Waals surface area contributed by atoms with Gasteiger partial charge in [0.1, 0.15) is 36.2 Å². The summed E-state index contributed by atoms with van der Waals surface area (Å²) >= 11 is 0. The Hall–Kier alpha value is -4.06. The number of phenols is 2. The van der Waals surface area contributed by atoms with E-state index < -0.39 is 19.7 Å². The Morgan fingerprint density at radius 3 is 1.03 bits per heavy atom. The van der Waals surface area contributed by atoms with Crippen LogP contribution in [0.3, 0.4) is 0 Å². The van der Waals surface area contributed by atoms with Crippen LogP contribution in [0.1, 0.15) is 0 Å². The van der Waals surface area contributed by atoms with Gasteiger partial charge in [-0.3, -0.25) is 0 Å². The van der Waals surface area contributed by atoms with Crippen molar-refractivity contribution in [2.45, 2.75) is 19.6 Å². The molecular formula is C28H26O9S2. The molecule has 0 atom stereocenters. The number of hydrogen-bond donors (Lipinski definition) is 2.